The van der Waals surface area contributed by atoms with E-state index in [1.54, 1.807) is 0 Å². The highest BCUT2D eigenvalue weighted by Crippen LogP contribution is 2.28. The number of hydrogen-bond acceptors (Lipinski definition) is 3. The Bertz CT molecular complexity index is 287. The predicted molar refractivity (Wildman–Crippen MR) is 80.5 cm³/mol. The van der Waals surface area contributed by atoms with Crippen molar-refractivity contribution in [3.05, 3.63) is 0 Å². The molecular weight excluding hydrogens is 236 g/mol. The van der Waals surface area contributed by atoms with E-state index in [0.29, 0.717) is 23.8 Å². The molecule has 2 rings (SSSR count). The first kappa shape index (κ1) is 15.3. The summed E-state index contributed by atoms with van der Waals surface area (Å²) < 4.78 is 6.20. The zero-order chi connectivity index (χ0) is 14.0. The molecule has 2 saturated heterocycles. The zero-order valence-electron chi connectivity index (χ0n) is 13.5. The van der Waals surface area contributed by atoms with Crippen molar-refractivity contribution in [2.45, 2.75) is 77.7 Å². The fraction of sp³-hybridized carbons (Fsp3) is 1.00. The zero-order valence-corrected chi connectivity index (χ0v) is 13.5. The van der Waals surface area contributed by atoms with Crippen LogP contribution in [0.15, 0.2) is 0 Å². The minimum Gasteiger partial charge on any atom is -0.374 e. The molecule has 2 fully saturated rings. The Morgan fingerprint density at radius 1 is 1.21 bits per heavy atom. The topological polar surface area (TPSA) is 15.7 Å². The maximum Gasteiger partial charge on any atom is 0.0721 e. The van der Waals surface area contributed by atoms with Crippen LogP contribution >= 0.6 is 0 Å². The van der Waals surface area contributed by atoms with Gasteiger partial charge in [0.15, 0.2) is 0 Å². The van der Waals surface area contributed by atoms with Crippen molar-refractivity contribution in [3.63, 3.8) is 0 Å². The molecule has 3 atom stereocenters. The molecule has 0 amide bonds. The van der Waals surface area contributed by atoms with Crippen LogP contribution in [0.25, 0.3) is 0 Å². The van der Waals surface area contributed by atoms with Crippen molar-refractivity contribution in [2.24, 2.45) is 0 Å². The molecule has 0 aromatic rings. The normalized spacial score (nSPS) is 31.4. The largest absolute Gasteiger partial charge is 0.374 e. The van der Waals surface area contributed by atoms with Crippen molar-refractivity contribution >= 4 is 0 Å². The van der Waals surface area contributed by atoms with Gasteiger partial charge < -0.3 is 4.74 Å². The predicted octanol–water partition coefficient (Wildman–Crippen LogP) is 2.75. The summed E-state index contributed by atoms with van der Waals surface area (Å²) >= 11 is 0. The summed E-state index contributed by atoms with van der Waals surface area (Å²) in [5.41, 5.74) is 0.306. The Kier molecular flexibility index (Phi) is 4.91. The van der Waals surface area contributed by atoms with Crippen LogP contribution in [0, 0.1) is 0 Å². The third-order valence-corrected chi connectivity index (χ3v) is 4.65. The Labute approximate surface area is 119 Å². The Hall–Kier alpha value is -0.120. The quantitative estimate of drug-likeness (QED) is 0.780. The molecule has 0 saturated carbocycles. The van der Waals surface area contributed by atoms with E-state index in [2.05, 4.69) is 44.4 Å². The van der Waals surface area contributed by atoms with Gasteiger partial charge in [0.05, 0.1) is 12.2 Å². The second-order valence-electron chi connectivity index (χ2n) is 7.36. The third-order valence-electron chi connectivity index (χ3n) is 4.65. The Morgan fingerprint density at radius 2 is 1.95 bits per heavy atom. The van der Waals surface area contributed by atoms with Crippen molar-refractivity contribution in [3.8, 4) is 0 Å². The molecule has 112 valence electrons. The van der Waals surface area contributed by atoms with Gasteiger partial charge in [-0.3, -0.25) is 9.80 Å². The molecule has 1 unspecified atom stereocenters. The van der Waals surface area contributed by atoms with Gasteiger partial charge in [0.1, 0.15) is 0 Å². The van der Waals surface area contributed by atoms with Crippen LogP contribution in [0.2, 0.25) is 0 Å². The van der Waals surface area contributed by atoms with E-state index in [4.69, 9.17) is 4.74 Å². The first-order valence-corrected chi connectivity index (χ1v) is 8.04. The second kappa shape index (κ2) is 6.11. The molecule has 0 N–H and O–H groups in total. The molecule has 3 nitrogen and oxygen atoms in total. The van der Waals surface area contributed by atoms with Gasteiger partial charge >= 0.3 is 0 Å². The van der Waals surface area contributed by atoms with Gasteiger partial charge in [-0.1, -0.05) is 13.3 Å². The standard InChI is InChI=1S/C16H32N2O/c1-6-7-13(2)19-15-10-14-11-18(16(3,4)5)9-8-17(14)12-15/h13-15H,6-12H2,1-5H3/t13?,14-,15+/m1/s1. The highest BCUT2D eigenvalue weighted by Gasteiger charge is 2.39. The fourth-order valence-corrected chi connectivity index (χ4v) is 3.51. The number of nitrogens with zero attached hydrogens (tertiary/aromatic N) is 2. The molecule has 3 heteroatoms. The smallest absolute Gasteiger partial charge is 0.0721 e. The minimum atomic E-state index is 0.306. The van der Waals surface area contributed by atoms with Crippen LogP contribution in [0.5, 0.6) is 0 Å². The van der Waals surface area contributed by atoms with E-state index in [1.165, 1.54) is 38.9 Å². The summed E-state index contributed by atoms with van der Waals surface area (Å²) in [6.45, 7) is 16.2. The molecule has 19 heavy (non-hydrogen) atoms. The fourth-order valence-electron chi connectivity index (χ4n) is 3.51. The monoisotopic (exact) mass is 268 g/mol. The van der Waals surface area contributed by atoms with E-state index < -0.39 is 0 Å². The lowest BCUT2D eigenvalue weighted by Gasteiger charge is -2.44. The van der Waals surface area contributed by atoms with E-state index >= 15 is 0 Å². The van der Waals surface area contributed by atoms with Gasteiger partial charge in [0.25, 0.3) is 0 Å². The van der Waals surface area contributed by atoms with Crippen LogP contribution in [0.3, 0.4) is 0 Å². The van der Waals surface area contributed by atoms with Crippen molar-refractivity contribution in [1.82, 2.24) is 9.80 Å². The molecule has 0 radical (unpaired) electrons. The van der Waals surface area contributed by atoms with Crippen molar-refractivity contribution in [1.29, 1.82) is 0 Å². The maximum absolute atomic E-state index is 6.20. The molecule has 0 aromatic heterocycles. The van der Waals surface area contributed by atoms with E-state index in [0.717, 1.165) is 6.54 Å². The van der Waals surface area contributed by atoms with E-state index in [9.17, 15) is 0 Å². The SMILES string of the molecule is CCCC(C)O[C@H]1C[C@@H]2CN(C(C)(C)C)CCN2C1. The molecule has 0 bridgehead atoms. The molecule has 2 aliphatic rings. The summed E-state index contributed by atoms with van der Waals surface area (Å²) in [5, 5.41) is 0. The number of hydrogen-bond donors (Lipinski definition) is 0. The minimum absolute atomic E-state index is 0.306. The molecule has 2 aliphatic heterocycles. The number of fused-ring (bicyclic) bond motifs is 1. The lowest BCUT2D eigenvalue weighted by atomic mass is 10.0. The van der Waals surface area contributed by atoms with Crippen molar-refractivity contribution in [2.75, 3.05) is 26.2 Å². The summed E-state index contributed by atoms with van der Waals surface area (Å²) in [5.74, 6) is 0. The average Bonchev–Trinajstić information content (AvgIpc) is 2.68. The van der Waals surface area contributed by atoms with Gasteiger partial charge in [0, 0.05) is 37.8 Å². The van der Waals surface area contributed by atoms with Gasteiger partial charge in [-0.15, -0.1) is 0 Å². The van der Waals surface area contributed by atoms with E-state index in [1.807, 2.05) is 0 Å². The van der Waals surface area contributed by atoms with Crippen LogP contribution in [-0.2, 0) is 4.74 Å². The first-order valence-electron chi connectivity index (χ1n) is 8.04. The van der Waals surface area contributed by atoms with Gasteiger partial charge in [-0.25, -0.2) is 0 Å². The summed E-state index contributed by atoms with van der Waals surface area (Å²) in [6, 6.07) is 0.715. The van der Waals surface area contributed by atoms with Crippen LogP contribution in [0.1, 0.15) is 53.9 Å². The Balaban J connectivity index is 1.84. The summed E-state index contributed by atoms with van der Waals surface area (Å²) in [7, 11) is 0. The van der Waals surface area contributed by atoms with Crippen molar-refractivity contribution < 1.29 is 4.74 Å². The average molecular weight is 268 g/mol. The summed E-state index contributed by atoms with van der Waals surface area (Å²) in [4.78, 5) is 5.28. The molecule has 2 heterocycles. The highest BCUT2D eigenvalue weighted by atomic mass is 16.5. The van der Waals surface area contributed by atoms with Crippen LogP contribution < -0.4 is 0 Å². The highest BCUT2D eigenvalue weighted by molar-refractivity contribution is 4.94. The van der Waals surface area contributed by atoms with Gasteiger partial charge in [0.2, 0.25) is 0 Å². The van der Waals surface area contributed by atoms with Gasteiger partial charge in [-0.2, -0.15) is 0 Å². The maximum atomic E-state index is 6.20. The second-order valence-corrected chi connectivity index (χ2v) is 7.36. The number of ether oxygens (including phenoxy) is 1. The van der Waals surface area contributed by atoms with Crippen LogP contribution in [-0.4, -0.2) is 59.8 Å². The third kappa shape index (κ3) is 3.93. The molecule has 0 aromatic carbocycles. The number of rotatable bonds is 4. The van der Waals surface area contributed by atoms with Gasteiger partial charge in [-0.05, 0) is 40.5 Å². The molecule has 0 aliphatic carbocycles. The lowest BCUT2D eigenvalue weighted by molar-refractivity contribution is -0.000823. The van der Waals surface area contributed by atoms with E-state index in [-0.39, 0.29) is 0 Å². The first-order chi connectivity index (χ1) is 8.90. The molecular formula is C16H32N2O. The Morgan fingerprint density at radius 3 is 2.58 bits per heavy atom. The lowest BCUT2D eigenvalue weighted by Crippen LogP contribution is -2.56. The summed E-state index contributed by atoms with van der Waals surface area (Å²) in [6.07, 6.45) is 4.52. The van der Waals surface area contributed by atoms with Crippen LogP contribution in [0.4, 0.5) is 0 Å². The number of piperazine rings is 1. The molecule has 0 spiro atoms.